The SMILES string of the molecule is CCNCC1(CN2CCN(C)C(CC)C2)CCOCC1. The van der Waals surface area contributed by atoms with Crippen molar-refractivity contribution in [1.82, 2.24) is 15.1 Å². The molecule has 2 rings (SSSR count). The zero-order chi connectivity index (χ0) is 14.4. The van der Waals surface area contributed by atoms with Crippen LogP contribution in [0.2, 0.25) is 0 Å². The van der Waals surface area contributed by atoms with Crippen molar-refractivity contribution < 1.29 is 4.74 Å². The Hall–Kier alpha value is -0.160. The van der Waals surface area contributed by atoms with Gasteiger partial charge in [0.1, 0.15) is 0 Å². The van der Waals surface area contributed by atoms with Gasteiger partial charge in [-0.1, -0.05) is 13.8 Å². The topological polar surface area (TPSA) is 27.7 Å². The molecule has 2 saturated heterocycles. The highest BCUT2D eigenvalue weighted by molar-refractivity contribution is 4.90. The van der Waals surface area contributed by atoms with Gasteiger partial charge in [-0.3, -0.25) is 4.90 Å². The normalized spacial score (nSPS) is 28.6. The molecule has 0 aromatic heterocycles. The minimum Gasteiger partial charge on any atom is -0.381 e. The fourth-order valence-corrected chi connectivity index (χ4v) is 3.65. The fourth-order valence-electron chi connectivity index (χ4n) is 3.65. The highest BCUT2D eigenvalue weighted by Gasteiger charge is 2.35. The molecule has 0 radical (unpaired) electrons. The van der Waals surface area contributed by atoms with Crippen molar-refractivity contribution in [2.75, 3.05) is 59.5 Å². The Kier molecular flexibility index (Phi) is 6.27. The van der Waals surface area contributed by atoms with E-state index in [4.69, 9.17) is 4.74 Å². The molecule has 0 amide bonds. The van der Waals surface area contributed by atoms with Gasteiger partial charge in [0.25, 0.3) is 0 Å². The number of rotatable bonds is 6. The van der Waals surface area contributed by atoms with Crippen LogP contribution in [-0.4, -0.2) is 75.4 Å². The van der Waals surface area contributed by atoms with Gasteiger partial charge in [0.15, 0.2) is 0 Å². The number of hydrogen-bond acceptors (Lipinski definition) is 4. The number of piperazine rings is 1. The van der Waals surface area contributed by atoms with E-state index >= 15 is 0 Å². The number of ether oxygens (including phenoxy) is 1. The zero-order valence-electron chi connectivity index (χ0n) is 13.7. The smallest absolute Gasteiger partial charge is 0.0472 e. The van der Waals surface area contributed by atoms with Crippen molar-refractivity contribution in [3.63, 3.8) is 0 Å². The minimum atomic E-state index is 0.433. The van der Waals surface area contributed by atoms with Gasteiger partial charge in [-0.15, -0.1) is 0 Å². The summed E-state index contributed by atoms with van der Waals surface area (Å²) in [4.78, 5) is 5.23. The Labute approximate surface area is 124 Å². The molecule has 1 N–H and O–H groups in total. The maximum absolute atomic E-state index is 5.60. The van der Waals surface area contributed by atoms with Crippen LogP contribution in [0.5, 0.6) is 0 Å². The number of likely N-dealkylation sites (N-methyl/N-ethyl adjacent to an activating group) is 1. The summed E-state index contributed by atoms with van der Waals surface area (Å²) in [6.07, 6.45) is 3.68. The lowest BCUT2D eigenvalue weighted by molar-refractivity contribution is -0.0179. The van der Waals surface area contributed by atoms with Crippen LogP contribution in [0.25, 0.3) is 0 Å². The van der Waals surface area contributed by atoms with Crippen LogP contribution in [-0.2, 0) is 4.74 Å². The molecule has 1 atom stereocenters. The molecule has 0 saturated carbocycles. The minimum absolute atomic E-state index is 0.433. The molecule has 2 aliphatic rings. The first-order valence-electron chi connectivity index (χ1n) is 8.40. The Morgan fingerprint density at radius 1 is 1.20 bits per heavy atom. The quantitative estimate of drug-likeness (QED) is 0.798. The summed E-state index contributed by atoms with van der Waals surface area (Å²) in [5, 5.41) is 3.59. The standard InChI is InChI=1S/C16H33N3O/c1-4-15-12-19(9-8-18(15)3)14-16(13-17-5-2)6-10-20-11-7-16/h15,17H,4-14H2,1-3H3. The fraction of sp³-hybridized carbons (Fsp3) is 1.00. The molecule has 2 fully saturated rings. The van der Waals surface area contributed by atoms with E-state index in [9.17, 15) is 0 Å². The predicted octanol–water partition coefficient (Wildman–Crippen LogP) is 1.42. The molecule has 118 valence electrons. The van der Waals surface area contributed by atoms with Gasteiger partial charge >= 0.3 is 0 Å². The van der Waals surface area contributed by atoms with Gasteiger partial charge in [-0.2, -0.15) is 0 Å². The molecular formula is C16H33N3O. The van der Waals surface area contributed by atoms with E-state index in [0.29, 0.717) is 5.41 Å². The van der Waals surface area contributed by atoms with Gasteiger partial charge in [-0.05, 0) is 38.3 Å². The maximum Gasteiger partial charge on any atom is 0.0472 e. The second-order valence-electron chi connectivity index (χ2n) is 6.67. The molecule has 0 spiro atoms. The average Bonchev–Trinajstić information content (AvgIpc) is 2.48. The van der Waals surface area contributed by atoms with Gasteiger partial charge in [0, 0.05) is 52.0 Å². The summed E-state index contributed by atoms with van der Waals surface area (Å²) in [6, 6.07) is 0.736. The third-order valence-corrected chi connectivity index (χ3v) is 5.19. The maximum atomic E-state index is 5.60. The number of hydrogen-bond donors (Lipinski definition) is 1. The van der Waals surface area contributed by atoms with Crippen LogP contribution in [0.15, 0.2) is 0 Å². The van der Waals surface area contributed by atoms with Crippen molar-refractivity contribution >= 4 is 0 Å². The number of nitrogens with one attached hydrogen (secondary N) is 1. The first-order valence-corrected chi connectivity index (χ1v) is 8.40. The first-order chi connectivity index (χ1) is 9.69. The van der Waals surface area contributed by atoms with Crippen molar-refractivity contribution in [3.05, 3.63) is 0 Å². The second-order valence-corrected chi connectivity index (χ2v) is 6.67. The summed E-state index contributed by atoms with van der Waals surface area (Å²) in [6.45, 7) is 13.5. The Balaban J connectivity index is 1.93. The highest BCUT2D eigenvalue weighted by Crippen LogP contribution is 2.31. The lowest BCUT2D eigenvalue weighted by atomic mass is 9.79. The van der Waals surface area contributed by atoms with Crippen LogP contribution in [0.1, 0.15) is 33.1 Å². The van der Waals surface area contributed by atoms with Crippen LogP contribution in [0, 0.1) is 5.41 Å². The third kappa shape index (κ3) is 4.17. The van der Waals surface area contributed by atoms with E-state index in [-0.39, 0.29) is 0 Å². The van der Waals surface area contributed by atoms with Gasteiger partial charge in [0.05, 0.1) is 0 Å². The Morgan fingerprint density at radius 3 is 2.60 bits per heavy atom. The molecule has 2 aliphatic heterocycles. The molecule has 0 bridgehead atoms. The monoisotopic (exact) mass is 283 g/mol. The summed E-state index contributed by atoms with van der Waals surface area (Å²) >= 11 is 0. The van der Waals surface area contributed by atoms with Crippen LogP contribution in [0.3, 0.4) is 0 Å². The molecular weight excluding hydrogens is 250 g/mol. The van der Waals surface area contributed by atoms with Gasteiger partial charge in [-0.25, -0.2) is 0 Å². The van der Waals surface area contributed by atoms with E-state index in [0.717, 1.165) is 32.3 Å². The van der Waals surface area contributed by atoms with Crippen LogP contribution < -0.4 is 5.32 Å². The summed E-state index contributed by atoms with van der Waals surface area (Å²) < 4.78 is 5.60. The zero-order valence-corrected chi connectivity index (χ0v) is 13.7. The van der Waals surface area contributed by atoms with Crippen LogP contribution >= 0.6 is 0 Å². The molecule has 0 aliphatic carbocycles. The van der Waals surface area contributed by atoms with Gasteiger partial charge in [0.2, 0.25) is 0 Å². The Bertz CT molecular complexity index is 279. The average molecular weight is 283 g/mol. The van der Waals surface area contributed by atoms with Crippen molar-refractivity contribution in [2.24, 2.45) is 5.41 Å². The van der Waals surface area contributed by atoms with E-state index in [1.165, 1.54) is 45.4 Å². The van der Waals surface area contributed by atoms with E-state index < -0.39 is 0 Å². The predicted molar refractivity (Wildman–Crippen MR) is 84.2 cm³/mol. The second kappa shape index (κ2) is 7.74. The van der Waals surface area contributed by atoms with Crippen molar-refractivity contribution in [1.29, 1.82) is 0 Å². The lowest BCUT2D eigenvalue weighted by Gasteiger charge is -2.45. The molecule has 2 heterocycles. The largest absolute Gasteiger partial charge is 0.381 e. The molecule has 0 aromatic rings. The van der Waals surface area contributed by atoms with Crippen molar-refractivity contribution in [2.45, 2.75) is 39.2 Å². The third-order valence-electron chi connectivity index (χ3n) is 5.19. The Morgan fingerprint density at radius 2 is 1.95 bits per heavy atom. The lowest BCUT2D eigenvalue weighted by Crippen LogP contribution is -2.55. The van der Waals surface area contributed by atoms with Gasteiger partial charge < -0.3 is 15.0 Å². The summed E-state index contributed by atoms with van der Waals surface area (Å²) in [5.41, 5.74) is 0.433. The summed E-state index contributed by atoms with van der Waals surface area (Å²) in [5.74, 6) is 0. The molecule has 0 aromatic carbocycles. The summed E-state index contributed by atoms with van der Waals surface area (Å²) in [7, 11) is 2.27. The molecule has 1 unspecified atom stereocenters. The molecule has 4 nitrogen and oxygen atoms in total. The molecule has 20 heavy (non-hydrogen) atoms. The number of nitrogens with zero attached hydrogens (tertiary/aromatic N) is 2. The van der Waals surface area contributed by atoms with Crippen LogP contribution in [0.4, 0.5) is 0 Å². The van der Waals surface area contributed by atoms with Crippen molar-refractivity contribution in [3.8, 4) is 0 Å². The first kappa shape index (κ1) is 16.2. The highest BCUT2D eigenvalue weighted by atomic mass is 16.5. The van der Waals surface area contributed by atoms with E-state index in [1.807, 2.05) is 0 Å². The van der Waals surface area contributed by atoms with E-state index in [2.05, 4.69) is 36.0 Å². The van der Waals surface area contributed by atoms with E-state index in [1.54, 1.807) is 0 Å². The molecule has 4 heteroatoms.